The molecule has 1 fully saturated rings. The molecule has 2 atom stereocenters. The van der Waals surface area contributed by atoms with Crippen molar-refractivity contribution in [2.45, 2.75) is 12.5 Å². The summed E-state index contributed by atoms with van der Waals surface area (Å²) in [6, 6.07) is 6.69. The smallest absolute Gasteiger partial charge is 0.311 e. The van der Waals surface area contributed by atoms with Gasteiger partial charge in [0.15, 0.2) is 0 Å². The molecule has 0 aliphatic carbocycles. The van der Waals surface area contributed by atoms with Gasteiger partial charge in [0.2, 0.25) is 0 Å². The van der Waals surface area contributed by atoms with E-state index in [-0.39, 0.29) is 6.42 Å². The van der Waals surface area contributed by atoms with Crippen LogP contribution in [0.4, 0.5) is 0 Å². The summed E-state index contributed by atoms with van der Waals surface area (Å²) in [7, 11) is 0. The summed E-state index contributed by atoms with van der Waals surface area (Å²) < 4.78 is 5.00. The van der Waals surface area contributed by atoms with Crippen molar-refractivity contribution in [2.24, 2.45) is 5.92 Å². The molecule has 0 unspecified atom stereocenters. The molecule has 2 rings (SSSR count). The number of halogens is 1. The highest BCUT2D eigenvalue weighted by Gasteiger charge is 2.40. The van der Waals surface area contributed by atoms with Crippen LogP contribution in [0.3, 0.4) is 0 Å². The van der Waals surface area contributed by atoms with Crippen LogP contribution in [0.15, 0.2) is 24.3 Å². The molecule has 0 aromatic heterocycles. The van der Waals surface area contributed by atoms with E-state index in [2.05, 4.69) is 0 Å². The van der Waals surface area contributed by atoms with Gasteiger partial charge in [0, 0.05) is 5.02 Å². The molecule has 1 aliphatic rings. The second kappa shape index (κ2) is 4.14. The first kappa shape index (κ1) is 11.0. The third kappa shape index (κ3) is 2.02. The zero-order valence-electron chi connectivity index (χ0n) is 8.22. The summed E-state index contributed by atoms with van der Waals surface area (Å²) in [5, 5.41) is 9.46. The summed E-state index contributed by atoms with van der Waals surface area (Å²) in [6.07, 6.45) is -0.823. The van der Waals surface area contributed by atoms with Crippen LogP contribution >= 0.6 is 11.6 Å². The molecule has 1 saturated heterocycles. The van der Waals surface area contributed by atoms with Crippen molar-refractivity contribution in [3.63, 3.8) is 0 Å². The van der Waals surface area contributed by atoms with Crippen molar-refractivity contribution in [3.8, 4) is 0 Å². The van der Waals surface area contributed by atoms with Crippen molar-refractivity contribution in [3.05, 3.63) is 34.9 Å². The molecular weight excluding hydrogens is 232 g/mol. The largest absolute Gasteiger partial charge is 0.481 e. The predicted octanol–water partition coefficient (Wildman–Crippen LogP) is 2.03. The number of aliphatic carboxylic acids is 1. The number of benzene rings is 1. The van der Waals surface area contributed by atoms with Crippen molar-refractivity contribution in [2.75, 3.05) is 0 Å². The average Bonchev–Trinajstić information content (AvgIpc) is 2.60. The van der Waals surface area contributed by atoms with Gasteiger partial charge in [-0.2, -0.15) is 0 Å². The lowest BCUT2D eigenvalue weighted by atomic mass is 9.95. The summed E-state index contributed by atoms with van der Waals surface area (Å²) in [5.41, 5.74) is 0.616. The number of hydrogen-bond acceptors (Lipinski definition) is 3. The van der Waals surface area contributed by atoms with Crippen molar-refractivity contribution in [1.29, 1.82) is 0 Å². The maximum atomic E-state index is 11.1. The Labute approximate surface area is 96.8 Å². The average molecular weight is 241 g/mol. The van der Waals surface area contributed by atoms with E-state index in [1.165, 1.54) is 0 Å². The number of carboxylic acid groups (broad SMARTS) is 1. The molecule has 0 radical (unpaired) electrons. The Balaban J connectivity index is 2.32. The highest BCUT2D eigenvalue weighted by atomic mass is 35.5. The van der Waals surface area contributed by atoms with Gasteiger partial charge in [0.25, 0.3) is 0 Å². The van der Waals surface area contributed by atoms with Crippen molar-refractivity contribution in [1.82, 2.24) is 0 Å². The van der Waals surface area contributed by atoms with E-state index in [0.717, 1.165) is 0 Å². The zero-order chi connectivity index (χ0) is 11.7. The predicted molar refractivity (Wildman–Crippen MR) is 56.0 cm³/mol. The summed E-state index contributed by atoms with van der Waals surface area (Å²) in [5.74, 6) is -2.35. The number of cyclic esters (lactones) is 1. The van der Waals surface area contributed by atoms with Crippen molar-refractivity contribution < 1.29 is 19.4 Å². The highest BCUT2D eigenvalue weighted by Crippen LogP contribution is 2.36. The van der Waals surface area contributed by atoms with Gasteiger partial charge in [0.1, 0.15) is 12.0 Å². The summed E-state index contributed by atoms with van der Waals surface area (Å²) in [6.45, 7) is 0. The number of carboxylic acids is 1. The Morgan fingerprint density at radius 2 is 2.25 bits per heavy atom. The van der Waals surface area contributed by atoms with Gasteiger partial charge in [0.05, 0.1) is 6.42 Å². The molecule has 0 amide bonds. The van der Waals surface area contributed by atoms with Gasteiger partial charge in [-0.3, -0.25) is 9.59 Å². The molecule has 1 heterocycles. The lowest BCUT2D eigenvalue weighted by Crippen LogP contribution is -2.17. The van der Waals surface area contributed by atoms with E-state index < -0.39 is 24.0 Å². The molecule has 1 aromatic carbocycles. The molecule has 0 saturated carbocycles. The normalized spacial score (nSPS) is 24.2. The van der Waals surface area contributed by atoms with E-state index in [1.807, 2.05) is 0 Å². The number of esters is 1. The van der Waals surface area contributed by atoms with Gasteiger partial charge >= 0.3 is 11.9 Å². The van der Waals surface area contributed by atoms with Crippen LogP contribution in [0, 0.1) is 5.92 Å². The van der Waals surface area contributed by atoms with Gasteiger partial charge in [-0.25, -0.2) is 0 Å². The number of ether oxygens (including phenoxy) is 1. The zero-order valence-corrected chi connectivity index (χ0v) is 8.98. The molecule has 4 nitrogen and oxygen atoms in total. The standard InChI is InChI=1S/C11H9ClO4/c12-7-3-1-2-6(4-7)10-8(11(14)15)5-9(13)16-10/h1-4,8,10H,5H2,(H,14,15)/t8-,10+/m0/s1. The Bertz CT molecular complexity index is 443. The van der Waals surface area contributed by atoms with Crippen LogP contribution in [-0.4, -0.2) is 17.0 Å². The van der Waals surface area contributed by atoms with Crippen LogP contribution in [0.25, 0.3) is 0 Å². The first-order valence-corrected chi connectivity index (χ1v) is 5.13. The van der Waals surface area contributed by atoms with E-state index >= 15 is 0 Å². The molecule has 84 valence electrons. The van der Waals surface area contributed by atoms with E-state index in [9.17, 15) is 9.59 Å². The fourth-order valence-corrected chi connectivity index (χ4v) is 1.96. The number of carbonyl (C=O) groups excluding carboxylic acids is 1. The lowest BCUT2D eigenvalue weighted by Gasteiger charge is -2.14. The summed E-state index contributed by atoms with van der Waals surface area (Å²) in [4.78, 5) is 22.1. The minimum Gasteiger partial charge on any atom is -0.481 e. The molecule has 16 heavy (non-hydrogen) atoms. The Morgan fingerprint density at radius 1 is 1.50 bits per heavy atom. The minimum atomic E-state index is -1.03. The Hall–Kier alpha value is -1.55. The monoisotopic (exact) mass is 240 g/mol. The molecule has 1 N–H and O–H groups in total. The third-order valence-electron chi connectivity index (χ3n) is 2.50. The van der Waals surface area contributed by atoms with Crippen LogP contribution in [0.5, 0.6) is 0 Å². The van der Waals surface area contributed by atoms with Crippen LogP contribution in [-0.2, 0) is 14.3 Å². The van der Waals surface area contributed by atoms with Gasteiger partial charge in [-0.15, -0.1) is 0 Å². The third-order valence-corrected chi connectivity index (χ3v) is 2.74. The number of carbonyl (C=O) groups is 2. The first-order chi connectivity index (χ1) is 7.58. The molecule has 0 spiro atoms. The second-order valence-corrected chi connectivity index (χ2v) is 4.05. The maximum absolute atomic E-state index is 11.1. The van der Waals surface area contributed by atoms with Crippen LogP contribution in [0.1, 0.15) is 18.1 Å². The molecule has 5 heteroatoms. The molecule has 0 bridgehead atoms. The molecule has 1 aliphatic heterocycles. The van der Waals surface area contributed by atoms with E-state index in [0.29, 0.717) is 10.6 Å². The van der Waals surface area contributed by atoms with Crippen LogP contribution < -0.4 is 0 Å². The number of hydrogen-bond donors (Lipinski definition) is 1. The fraction of sp³-hybridized carbons (Fsp3) is 0.273. The first-order valence-electron chi connectivity index (χ1n) is 4.75. The summed E-state index contributed by atoms with van der Waals surface area (Å²) >= 11 is 5.80. The second-order valence-electron chi connectivity index (χ2n) is 3.61. The maximum Gasteiger partial charge on any atom is 0.311 e. The fourth-order valence-electron chi connectivity index (χ4n) is 1.76. The lowest BCUT2D eigenvalue weighted by molar-refractivity contribution is -0.144. The Morgan fingerprint density at radius 3 is 2.88 bits per heavy atom. The Kier molecular flexibility index (Phi) is 2.83. The SMILES string of the molecule is O=C1C[C@H](C(=O)O)[C@@H](c2cccc(Cl)c2)O1. The highest BCUT2D eigenvalue weighted by molar-refractivity contribution is 6.30. The van der Waals surface area contributed by atoms with Gasteiger partial charge in [-0.05, 0) is 17.7 Å². The number of rotatable bonds is 2. The van der Waals surface area contributed by atoms with Gasteiger partial charge in [-0.1, -0.05) is 23.7 Å². The quantitative estimate of drug-likeness (QED) is 0.804. The molecule has 1 aromatic rings. The molecular formula is C11H9ClO4. The minimum absolute atomic E-state index is 0.0908. The van der Waals surface area contributed by atoms with E-state index in [4.69, 9.17) is 21.4 Å². The van der Waals surface area contributed by atoms with Gasteiger partial charge < -0.3 is 9.84 Å². The topological polar surface area (TPSA) is 63.6 Å². The van der Waals surface area contributed by atoms with Crippen molar-refractivity contribution >= 4 is 23.5 Å². The van der Waals surface area contributed by atoms with E-state index in [1.54, 1.807) is 24.3 Å². The van der Waals surface area contributed by atoms with Crippen LogP contribution in [0.2, 0.25) is 5.02 Å².